The average Bonchev–Trinajstić information content (AvgIpc) is 2.55. The summed E-state index contributed by atoms with van der Waals surface area (Å²) in [4.78, 5) is 4.16. The topological polar surface area (TPSA) is 126 Å². The maximum absolute atomic E-state index is 7.20. The van der Waals surface area contributed by atoms with Crippen molar-refractivity contribution in [1.29, 1.82) is 5.41 Å². The molecule has 1 aromatic heterocycles. The summed E-state index contributed by atoms with van der Waals surface area (Å²) in [7, 11) is 0. The Hall–Kier alpha value is -3.00. The van der Waals surface area contributed by atoms with Crippen molar-refractivity contribution in [2.75, 3.05) is 11.1 Å². The first-order valence-corrected chi connectivity index (χ1v) is 7.79. The molecule has 0 saturated carbocycles. The molecule has 0 fully saturated rings. The van der Waals surface area contributed by atoms with Crippen LogP contribution < -0.4 is 16.8 Å². The number of nitrogens with two attached hydrogens (primary N) is 2. The highest BCUT2D eigenvalue weighted by atomic mass is 79.9. The van der Waals surface area contributed by atoms with Crippen LogP contribution in [0.25, 0.3) is 10.8 Å². The molecule has 2 aromatic carbocycles. The van der Waals surface area contributed by atoms with E-state index in [1.54, 1.807) is 30.5 Å². The summed E-state index contributed by atoms with van der Waals surface area (Å²) < 4.78 is 0.928. The van der Waals surface area contributed by atoms with Gasteiger partial charge in [0.05, 0.1) is 5.69 Å². The lowest BCUT2D eigenvalue weighted by atomic mass is 10.1. The highest BCUT2D eigenvalue weighted by molar-refractivity contribution is 9.10. The van der Waals surface area contributed by atoms with Crippen LogP contribution in [0.2, 0.25) is 0 Å². The second-order valence-electron chi connectivity index (χ2n) is 5.01. The number of halogens is 1. The Kier molecular flexibility index (Phi) is 4.39. The molecule has 0 bridgehead atoms. The van der Waals surface area contributed by atoms with Crippen LogP contribution in [0.4, 0.5) is 22.9 Å². The van der Waals surface area contributed by atoms with Gasteiger partial charge in [0.1, 0.15) is 5.69 Å². The molecule has 3 rings (SSSR count). The van der Waals surface area contributed by atoms with Gasteiger partial charge in [0.25, 0.3) is 0 Å². The monoisotopic (exact) mass is 383 g/mol. The Balaban J connectivity index is 1.94. The standard InChI is InChI=1S/C16H14BrN7/c17-10-2-1-9-8-21-15(18)14(13(9)7-10)24-23-12-5-3-11(4-6-12)22-16(19)20/h1-8H,(H2,18,21)(H4,19,20,22)/b24-23+. The van der Waals surface area contributed by atoms with Crippen molar-refractivity contribution in [1.82, 2.24) is 4.98 Å². The number of pyridine rings is 1. The third kappa shape index (κ3) is 3.49. The zero-order valence-corrected chi connectivity index (χ0v) is 14.1. The van der Waals surface area contributed by atoms with Crippen LogP contribution in [0.3, 0.4) is 0 Å². The quantitative estimate of drug-likeness (QED) is 0.305. The van der Waals surface area contributed by atoms with E-state index in [1.165, 1.54) is 0 Å². The number of hydrogen-bond acceptors (Lipinski definition) is 5. The molecule has 0 aliphatic heterocycles. The minimum Gasteiger partial charge on any atom is -0.382 e. The number of nitrogens with one attached hydrogen (secondary N) is 2. The van der Waals surface area contributed by atoms with Gasteiger partial charge >= 0.3 is 0 Å². The van der Waals surface area contributed by atoms with Gasteiger partial charge in [0, 0.05) is 27.1 Å². The Bertz CT molecular complexity index is 930. The SMILES string of the molecule is N=C(N)Nc1ccc(/N=N/c2c(N)ncc3ccc(Br)cc23)cc1. The van der Waals surface area contributed by atoms with Crippen molar-refractivity contribution in [3.05, 3.63) is 53.1 Å². The Morgan fingerprint density at radius 2 is 1.88 bits per heavy atom. The van der Waals surface area contributed by atoms with E-state index in [4.69, 9.17) is 16.9 Å². The van der Waals surface area contributed by atoms with Crippen molar-refractivity contribution in [2.45, 2.75) is 0 Å². The second kappa shape index (κ2) is 6.63. The molecule has 0 aliphatic rings. The third-order valence-corrected chi connectivity index (χ3v) is 3.76. The van der Waals surface area contributed by atoms with Gasteiger partial charge in [-0.25, -0.2) is 4.98 Å². The largest absolute Gasteiger partial charge is 0.382 e. The zero-order valence-electron chi connectivity index (χ0n) is 12.5. The molecule has 1 heterocycles. The highest BCUT2D eigenvalue weighted by Crippen LogP contribution is 2.33. The zero-order chi connectivity index (χ0) is 17.1. The van der Waals surface area contributed by atoms with Gasteiger partial charge in [-0.2, -0.15) is 5.11 Å². The van der Waals surface area contributed by atoms with Gasteiger partial charge in [-0.1, -0.05) is 22.0 Å². The summed E-state index contributed by atoms with van der Waals surface area (Å²) in [6.45, 7) is 0. The van der Waals surface area contributed by atoms with E-state index in [0.29, 0.717) is 22.9 Å². The third-order valence-electron chi connectivity index (χ3n) is 3.27. The predicted molar refractivity (Wildman–Crippen MR) is 100 cm³/mol. The van der Waals surface area contributed by atoms with Crippen LogP contribution >= 0.6 is 15.9 Å². The molecular formula is C16H14BrN7. The average molecular weight is 384 g/mol. The first kappa shape index (κ1) is 15.9. The maximum atomic E-state index is 7.20. The number of azo groups is 1. The predicted octanol–water partition coefficient (Wildman–Crippen LogP) is 4.30. The number of anilines is 2. The van der Waals surface area contributed by atoms with Crippen LogP contribution in [0.5, 0.6) is 0 Å². The minimum atomic E-state index is -0.121. The lowest BCUT2D eigenvalue weighted by Gasteiger charge is -2.05. The van der Waals surface area contributed by atoms with Crippen molar-refractivity contribution in [2.24, 2.45) is 16.0 Å². The van der Waals surface area contributed by atoms with Crippen LogP contribution in [-0.2, 0) is 0 Å². The van der Waals surface area contributed by atoms with Crippen LogP contribution in [0.15, 0.2) is 63.4 Å². The molecule has 0 amide bonds. The van der Waals surface area contributed by atoms with Crippen molar-refractivity contribution >= 4 is 55.5 Å². The summed E-state index contributed by atoms with van der Waals surface area (Å²) >= 11 is 3.45. The number of aromatic nitrogens is 1. The number of benzene rings is 2. The van der Waals surface area contributed by atoms with Gasteiger partial charge in [-0.15, -0.1) is 5.11 Å². The summed E-state index contributed by atoms with van der Waals surface area (Å²) in [6.07, 6.45) is 1.71. The molecule has 7 nitrogen and oxygen atoms in total. The molecule has 0 radical (unpaired) electrons. The maximum Gasteiger partial charge on any atom is 0.190 e. The van der Waals surface area contributed by atoms with E-state index >= 15 is 0 Å². The fourth-order valence-electron chi connectivity index (χ4n) is 2.16. The highest BCUT2D eigenvalue weighted by Gasteiger charge is 2.07. The summed E-state index contributed by atoms with van der Waals surface area (Å²) in [5, 5.41) is 20.2. The fourth-order valence-corrected chi connectivity index (χ4v) is 2.53. The lowest BCUT2D eigenvalue weighted by molar-refractivity contribution is 1.22. The van der Waals surface area contributed by atoms with E-state index in [1.807, 2.05) is 18.2 Å². The van der Waals surface area contributed by atoms with E-state index < -0.39 is 0 Å². The van der Waals surface area contributed by atoms with Gasteiger partial charge in [-0.3, -0.25) is 5.41 Å². The summed E-state index contributed by atoms with van der Waals surface area (Å²) in [5.41, 5.74) is 13.1. The molecule has 24 heavy (non-hydrogen) atoms. The van der Waals surface area contributed by atoms with Gasteiger partial charge in [0.15, 0.2) is 11.8 Å². The Labute approximate surface area is 146 Å². The lowest BCUT2D eigenvalue weighted by Crippen LogP contribution is -2.20. The van der Waals surface area contributed by atoms with E-state index in [-0.39, 0.29) is 5.96 Å². The molecule has 0 spiro atoms. The second-order valence-corrected chi connectivity index (χ2v) is 5.92. The van der Waals surface area contributed by atoms with Gasteiger partial charge < -0.3 is 16.8 Å². The van der Waals surface area contributed by atoms with E-state index in [9.17, 15) is 0 Å². The first-order chi connectivity index (χ1) is 11.5. The number of rotatable bonds is 3. The molecule has 0 aliphatic carbocycles. The fraction of sp³-hybridized carbons (Fsp3) is 0. The van der Waals surface area contributed by atoms with Crippen LogP contribution in [0.1, 0.15) is 0 Å². The molecular weight excluding hydrogens is 370 g/mol. The molecule has 0 unspecified atom stereocenters. The molecule has 0 saturated heterocycles. The molecule has 0 atom stereocenters. The number of hydrogen-bond donors (Lipinski definition) is 4. The number of nitrogens with zero attached hydrogens (tertiary/aromatic N) is 3. The van der Waals surface area contributed by atoms with Crippen LogP contribution in [-0.4, -0.2) is 10.9 Å². The number of nitrogen functional groups attached to an aromatic ring is 1. The summed E-state index contributed by atoms with van der Waals surface area (Å²) in [5.74, 6) is 0.198. The Morgan fingerprint density at radius 3 is 2.58 bits per heavy atom. The number of fused-ring (bicyclic) bond motifs is 1. The van der Waals surface area contributed by atoms with Crippen LogP contribution in [0, 0.1) is 5.41 Å². The van der Waals surface area contributed by atoms with Gasteiger partial charge in [0.2, 0.25) is 0 Å². The molecule has 6 N–H and O–H groups in total. The number of guanidine groups is 1. The summed E-state index contributed by atoms with van der Waals surface area (Å²) in [6, 6.07) is 12.9. The smallest absolute Gasteiger partial charge is 0.190 e. The van der Waals surface area contributed by atoms with Crippen molar-refractivity contribution < 1.29 is 0 Å². The first-order valence-electron chi connectivity index (χ1n) is 6.99. The normalized spacial score (nSPS) is 11.0. The molecule has 8 heteroatoms. The van der Waals surface area contributed by atoms with Gasteiger partial charge in [-0.05, 0) is 36.4 Å². The van der Waals surface area contributed by atoms with Crippen molar-refractivity contribution in [3.8, 4) is 0 Å². The Morgan fingerprint density at radius 1 is 1.12 bits per heavy atom. The van der Waals surface area contributed by atoms with E-state index in [2.05, 4.69) is 36.5 Å². The van der Waals surface area contributed by atoms with E-state index in [0.717, 1.165) is 15.2 Å². The molecule has 120 valence electrons. The molecule has 3 aromatic rings. The minimum absolute atomic E-state index is 0.121. The van der Waals surface area contributed by atoms with Crippen molar-refractivity contribution in [3.63, 3.8) is 0 Å².